The van der Waals surface area contributed by atoms with E-state index in [1.165, 1.54) is 5.56 Å². The van der Waals surface area contributed by atoms with Gasteiger partial charge in [0, 0.05) is 29.5 Å². The fourth-order valence-electron chi connectivity index (χ4n) is 2.32. The zero-order chi connectivity index (χ0) is 22.0. The first-order chi connectivity index (χ1) is 13.5. The van der Waals surface area contributed by atoms with Gasteiger partial charge in [-0.1, -0.05) is 23.7 Å². The van der Waals surface area contributed by atoms with Crippen molar-refractivity contribution >= 4 is 23.5 Å². The Morgan fingerprint density at radius 2 is 1.61 bits per heavy atom. The lowest BCUT2D eigenvalue weighted by molar-refractivity contribution is -0.165. The van der Waals surface area contributed by atoms with E-state index in [4.69, 9.17) is 32.0 Å². The number of rotatable bonds is 9. The van der Waals surface area contributed by atoms with Crippen molar-refractivity contribution in [2.75, 3.05) is 6.54 Å². The zero-order valence-corrected chi connectivity index (χ0v) is 18.0. The van der Waals surface area contributed by atoms with Crippen molar-refractivity contribution in [3.8, 4) is 0 Å². The van der Waals surface area contributed by atoms with Crippen LogP contribution in [-0.2, 0) is 21.7 Å². The first-order valence-electron chi connectivity index (χ1n) is 8.83. The summed E-state index contributed by atoms with van der Waals surface area (Å²) < 4.78 is 2.09. The summed E-state index contributed by atoms with van der Waals surface area (Å²) in [5, 5.41) is 36.9. The van der Waals surface area contributed by atoms with Gasteiger partial charge >= 0.3 is 11.9 Å². The lowest BCUT2D eigenvalue weighted by Gasteiger charge is -2.27. The van der Waals surface area contributed by atoms with Crippen molar-refractivity contribution in [2.45, 2.75) is 44.6 Å². The molecule has 0 aliphatic heterocycles. The van der Waals surface area contributed by atoms with Crippen LogP contribution in [-0.4, -0.2) is 71.6 Å². The quantitative estimate of drug-likeness (QED) is 0.310. The summed E-state index contributed by atoms with van der Waals surface area (Å²) in [6, 6.07) is 8.02. The summed E-state index contributed by atoms with van der Waals surface area (Å²) in [6.07, 6.45) is 2.20. The van der Waals surface area contributed by atoms with Crippen LogP contribution in [0.2, 0.25) is 5.02 Å². The number of nitrogens with zero attached hydrogens (tertiary/aromatic N) is 2. The summed E-state index contributed by atoms with van der Waals surface area (Å²) >= 11 is 5.92. The number of aromatic nitrogens is 2. The predicted octanol–water partition coefficient (Wildman–Crippen LogP) is -0.321. The molecule has 2 aromatic rings. The van der Waals surface area contributed by atoms with E-state index in [0.29, 0.717) is 0 Å². The Kier molecular flexibility index (Phi) is 14.3. The molecule has 0 radical (unpaired) electrons. The van der Waals surface area contributed by atoms with Gasteiger partial charge in [0.05, 0.1) is 6.33 Å². The smallest absolute Gasteiger partial charge is 0.335 e. The number of carbonyl (C=O) groups is 2. The first-order valence-corrected chi connectivity index (χ1v) is 9.21. The van der Waals surface area contributed by atoms with Crippen LogP contribution in [0.3, 0.4) is 0 Å². The normalized spacial score (nSPS) is 12.3. The molecule has 31 heavy (non-hydrogen) atoms. The largest absolute Gasteiger partial charge is 0.479 e. The fourth-order valence-corrected chi connectivity index (χ4v) is 2.45. The number of nitrogens with one attached hydrogen (secondary N) is 1. The molecule has 0 amide bonds. The van der Waals surface area contributed by atoms with Gasteiger partial charge in [0.2, 0.25) is 0 Å². The van der Waals surface area contributed by atoms with E-state index in [1.54, 1.807) is 0 Å². The number of carboxylic acid groups (broad SMARTS) is 2. The van der Waals surface area contributed by atoms with Crippen molar-refractivity contribution in [3.05, 3.63) is 53.6 Å². The maximum absolute atomic E-state index is 9.77. The molecule has 1 aromatic carbocycles. The van der Waals surface area contributed by atoms with Gasteiger partial charge in [0.1, 0.15) is 0 Å². The number of aliphatic hydroxyl groups is 2. The van der Waals surface area contributed by atoms with Crippen molar-refractivity contribution in [2.24, 2.45) is 0 Å². The molecular formula is C19H30ClN3O8. The average molecular weight is 464 g/mol. The molecule has 9 N–H and O–H groups in total. The minimum atomic E-state index is -2.27. The SMILES string of the molecule is CC(C)(NCCCn1ccnc1)c1ccc(Cl)cc1.O.O.O=C(O)C(O)C(O)C(=O)O. The van der Waals surface area contributed by atoms with Crippen LogP contribution in [0.4, 0.5) is 0 Å². The number of benzene rings is 1. The van der Waals surface area contributed by atoms with Gasteiger partial charge in [-0.3, -0.25) is 0 Å². The fraction of sp³-hybridized carbons (Fsp3) is 0.421. The predicted molar refractivity (Wildman–Crippen MR) is 114 cm³/mol. The molecule has 2 unspecified atom stereocenters. The molecule has 1 heterocycles. The van der Waals surface area contributed by atoms with Gasteiger partial charge < -0.3 is 41.3 Å². The van der Waals surface area contributed by atoms with E-state index in [9.17, 15) is 9.59 Å². The maximum atomic E-state index is 9.77. The molecule has 1 aromatic heterocycles. The average Bonchev–Trinajstić information content (AvgIpc) is 3.18. The molecule has 0 saturated carbocycles. The van der Waals surface area contributed by atoms with Crippen LogP contribution < -0.4 is 5.32 Å². The second-order valence-corrected chi connectivity index (χ2v) is 7.22. The monoisotopic (exact) mass is 463 g/mol. The third-order valence-electron chi connectivity index (χ3n) is 4.09. The van der Waals surface area contributed by atoms with E-state index >= 15 is 0 Å². The minimum absolute atomic E-state index is 0. The Hall–Kier alpha value is -2.54. The molecule has 176 valence electrons. The highest BCUT2D eigenvalue weighted by atomic mass is 35.5. The lowest BCUT2D eigenvalue weighted by atomic mass is 9.94. The summed E-state index contributed by atoms with van der Waals surface area (Å²) in [7, 11) is 0. The third kappa shape index (κ3) is 10.9. The number of hydrogen-bond donors (Lipinski definition) is 5. The van der Waals surface area contributed by atoms with E-state index in [2.05, 4.69) is 40.8 Å². The summed E-state index contributed by atoms with van der Waals surface area (Å²) in [4.78, 5) is 23.6. The van der Waals surface area contributed by atoms with Crippen LogP contribution in [0.1, 0.15) is 25.8 Å². The number of aliphatic carboxylic acids is 2. The Balaban J connectivity index is 0. The molecule has 11 nitrogen and oxygen atoms in total. The number of halogens is 1. The van der Waals surface area contributed by atoms with Crippen molar-refractivity contribution in [3.63, 3.8) is 0 Å². The van der Waals surface area contributed by atoms with Gasteiger partial charge in [0.25, 0.3) is 0 Å². The molecular weight excluding hydrogens is 434 g/mol. The highest BCUT2D eigenvalue weighted by Gasteiger charge is 2.29. The van der Waals surface area contributed by atoms with Gasteiger partial charge in [-0.2, -0.15) is 0 Å². The zero-order valence-electron chi connectivity index (χ0n) is 17.2. The van der Waals surface area contributed by atoms with Gasteiger partial charge in [-0.15, -0.1) is 0 Å². The topological polar surface area (TPSA) is 208 Å². The van der Waals surface area contributed by atoms with E-state index in [0.717, 1.165) is 24.5 Å². The third-order valence-corrected chi connectivity index (χ3v) is 4.34. The van der Waals surface area contributed by atoms with Gasteiger partial charge in [0.15, 0.2) is 12.2 Å². The van der Waals surface area contributed by atoms with Crippen molar-refractivity contribution in [1.29, 1.82) is 0 Å². The Morgan fingerprint density at radius 3 is 2.03 bits per heavy atom. The van der Waals surface area contributed by atoms with Crippen molar-refractivity contribution < 1.29 is 41.0 Å². The molecule has 0 aliphatic rings. The number of imidazole rings is 1. The summed E-state index contributed by atoms with van der Waals surface area (Å²) in [5.41, 5.74) is 1.21. The van der Waals surface area contributed by atoms with Crippen LogP contribution >= 0.6 is 11.6 Å². The molecule has 12 heteroatoms. The Morgan fingerprint density at radius 1 is 1.10 bits per heavy atom. The summed E-state index contributed by atoms with van der Waals surface area (Å²) in [5.74, 6) is -3.54. The number of aryl methyl sites for hydroxylation is 1. The minimum Gasteiger partial charge on any atom is -0.479 e. The van der Waals surface area contributed by atoms with E-state index < -0.39 is 24.1 Å². The molecule has 0 spiro atoms. The second-order valence-electron chi connectivity index (χ2n) is 6.78. The first kappa shape index (κ1) is 30.7. The number of aliphatic hydroxyl groups excluding tert-OH is 2. The lowest BCUT2D eigenvalue weighted by Crippen LogP contribution is -2.39. The van der Waals surface area contributed by atoms with Crippen LogP contribution in [0.15, 0.2) is 43.0 Å². The van der Waals surface area contributed by atoms with Crippen LogP contribution in [0.25, 0.3) is 0 Å². The number of hydrogen-bond acceptors (Lipinski definition) is 6. The molecule has 0 bridgehead atoms. The molecule has 0 fully saturated rings. The molecule has 2 rings (SSSR count). The molecule has 2 atom stereocenters. The van der Waals surface area contributed by atoms with Crippen molar-refractivity contribution in [1.82, 2.24) is 14.9 Å². The highest BCUT2D eigenvalue weighted by molar-refractivity contribution is 6.30. The van der Waals surface area contributed by atoms with Gasteiger partial charge in [-0.05, 0) is 44.5 Å². The Labute approximate surface area is 184 Å². The number of carboxylic acids is 2. The van der Waals surface area contributed by atoms with E-state index in [1.807, 2.05) is 30.9 Å². The molecule has 0 aliphatic carbocycles. The Bertz CT molecular complexity index is 751. The molecule has 0 saturated heterocycles. The highest BCUT2D eigenvalue weighted by Crippen LogP contribution is 2.21. The standard InChI is InChI=1S/C15H20ClN3.C4H6O6.2H2O/c1-15(2,13-4-6-14(16)7-5-13)18-8-3-10-19-11-9-17-12-19;5-1(3(7)8)2(6)4(9)10;;/h4-7,9,11-12,18H,3,8,10H2,1-2H3;1-2,5-6H,(H,7,8)(H,9,10);2*1H2. The van der Waals surface area contributed by atoms with Crippen LogP contribution in [0.5, 0.6) is 0 Å². The maximum Gasteiger partial charge on any atom is 0.335 e. The van der Waals surface area contributed by atoms with Gasteiger partial charge in [-0.25, -0.2) is 14.6 Å². The van der Waals surface area contributed by atoms with E-state index in [-0.39, 0.29) is 16.5 Å². The summed E-state index contributed by atoms with van der Waals surface area (Å²) in [6.45, 7) is 6.33. The second kappa shape index (κ2) is 14.5. The van der Waals surface area contributed by atoms with Crippen LogP contribution in [0, 0.1) is 0 Å².